The Morgan fingerprint density at radius 1 is 1.29 bits per heavy atom. The molecule has 0 aliphatic carbocycles. The first kappa shape index (κ1) is 12.4. The second-order valence-electron chi connectivity index (χ2n) is 5.02. The number of hydrogen-bond acceptors (Lipinski definition) is 3. The largest absolute Gasteiger partial charge is 0.336 e. The highest BCUT2D eigenvalue weighted by Crippen LogP contribution is 2.15. The third-order valence-electron chi connectivity index (χ3n) is 3.73. The molecule has 1 atom stereocenters. The highest BCUT2D eigenvalue weighted by Gasteiger charge is 2.30. The molecule has 0 aromatic heterocycles. The minimum Gasteiger partial charge on any atom is -0.336 e. The minimum absolute atomic E-state index is 0.331. The molecule has 2 rings (SSSR count). The van der Waals surface area contributed by atoms with Crippen LogP contribution in [0.3, 0.4) is 0 Å². The van der Waals surface area contributed by atoms with Crippen molar-refractivity contribution in [1.29, 1.82) is 0 Å². The summed E-state index contributed by atoms with van der Waals surface area (Å²) < 4.78 is 0. The molecule has 2 heterocycles. The SMILES string of the molecule is CN1CCN(CCC2CCCNC2)C(=O)C1=O. The maximum Gasteiger partial charge on any atom is 0.312 e. The summed E-state index contributed by atoms with van der Waals surface area (Å²) in [6, 6.07) is 0. The molecule has 2 amide bonds. The minimum atomic E-state index is -0.363. The Morgan fingerprint density at radius 2 is 2.12 bits per heavy atom. The van der Waals surface area contributed by atoms with Crippen LogP contribution in [0.2, 0.25) is 0 Å². The monoisotopic (exact) mass is 239 g/mol. The van der Waals surface area contributed by atoms with Gasteiger partial charge in [-0.2, -0.15) is 0 Å². The molecule has 5 nitrogen and oxygen atoms in total. The summed E-state index contributed by atoms with van der Waals surface area (Å²) in [6.45, 7) is 4.23. The molecular weight excluding hydrogens is 218 g/mol. The molecule has 5 heteroatoms. The fraction of sp³-hybridized carbons (Fsp3) is 0.833. The van der Waals surface area contributed by atoms with E-state index in [0.717, 1.165) is 26.1 Å². The van der Waals surface area contributed by atoms with Gasteiger partial charge in [-0.1, -0.05) is 0 Å². The van der Waals surface area contributed by atoms with Crippen molar-refractivity contribution >= 4 is 11.8 Å². The van der Waals surface area contributed by atoms with Crippen molar-refractivity contribution < 1.29 is 9.59 Å². The van der Waals surface area contributed by atoms with Crippen molar-refractivity contribution in [3.8, 4) is 0 Å². The van der Waals surface area contributed by atoms with Crippen molar-refractivity contribution in [3.05, 3.63) is 0 Å². The topological polar surface area (TPSA) is 52.6 Å². The lowest BCUT2D eigenvalue weighted by Crippen LogP contribution is -2.53. The molecule has 0 saturated carbocycles. The molecule has 2 aliphatic heterocycles. The van der Waals surface area contributed by atoms with Gasteiger partial charge in [0.2, 0.25) is 0 Å². The van der Waals surface area contributed by atoms with Gasteiger partial charge in [0.25, 0.3) is 0 Å². The van der Waals surface area contributed by atoms with Crippen molar-refractivity contribution in [2.75, 3.05) is 39.8 Å². The van der Waals surface area contributed by atoms with Gasteiger partial charge < -0.3 is 15.1 Å². The molecule has 2 fully saturated rings. The number of piperidine rings is 1. The van der Waals surface area contributed by atoms with Crippen molar-refractivity contribution in [3.63, 3.8) is 0 Å². The fourth-order valence-corrected chi connectivity index (χ4v) is 2.49. The van der Waals surface area contributed by atoms with Crippen LogP contribution < -0.4 is 5.32 Å². The highest BCUT2D eigenvalue weighted by molar-refractivity contribution is 6.35. The zero-order valence-electron chi connectivity index (χ0n) is 10.4. The summed E-state index contributed by atoms with van der Waals surface area (Å²) in [5.74, 6) is -0.0353. The van der Waals surface area contributed by atoms with Crippen LogP contribution in [0.25, 0.3) is 0 Å². The summed E-state index contributed by atoms with van der Waals surface area (Å²) in [4.78, 5) is 26.4. The van der Waals surface area contributed by atoms with Gasteiger partial charge >= 0.3 is 11.8 Å². The van der Waals surface area contributed by atoms with Crippen LogP contribution in [0.15, 0.2) is 0 Å². The lowest BCUT2D eigenvalue weighted by molar-refractivity contribution is -0.155. The number of likely N-dealkylation sites (N-methyl/N-ethyl adjacent to an activating group) is 1. The van der Waals surface area contributed by atoms with Crippen LogP contribution in [0.5, 0.6) is 0 Å². The average molecular weight is 239 g/mol. The van der Waals surface area contributed by atoms with E-state index in [-0.39, 0.29) is 11.8 Å². The second kappa shape index (κ2) is 5.49. The van der Waals surface area contributed by atoms with Crippen LogP contribution in [0.1, 0.15) is 19.3 Å². The van der Waals surface area contributed by atoms with E-state index >= 15 is 0 Å². The number of carbonyl (C=O) groups excluding carboxylic acids is 2. The molecule has 0 aromatic carbocycles. The number of hydrogen-bond donors (Lipinski definition) is 1. The number of nitrogens with zero attached hydrogens (tertiary/aromatic N) is 2. The van der Waals surface area contributed by atoms with Crippen LogP contribution in [0.4, 0.5) is 0 Å². The number of amides is 2. The Labute approximate surface area is 102 Å². The summed E-state index contributed by atoms with van der Waals surface area (Å²) in [6.07, 6.45) is 3.47. The Kier molecular flexibility index (Phi) is 3.99. The van der Waals surface area contributed by atoms with E-state index in [0.29, 0.717) is 19.0 Å². The number of rotatable bonds is 3. The van der Waals surface area contributed by atoms with Gasteiger partial charge in [-0.05, 0) is 38.3 Å². The smallest absolute Gasteiger partial charge is 0.312 e. The van der Waals surface area contributed by atoms with E-state index in [1.807, 2.05) is 0 Å². The van der Waals surface area contributed by atoms with Crippen molar-refractivity contribution in [2.24, 2.45) is 5.92 Å². The second-order valence-corrected chi connectivity index (χ2v) is 5.02. The van der Waals surface area contributed by atoms with Crippen LogP contribution in [0, 0.1) is 5.92 Å². The third kappa shape index (κ3) is 2.97. The van der Waals surface area contributed by atoms with Gasteiger partial charge in [0, 0.05) is 26.7 Å². The van der Waals surface area contributed by atoms with Crippen LogP contribution >= 0.6 is 0 Å². The normalized spacial score (nSPS) is 26.5. The molecule has 0 radical (unpaired) electrons. The third-order valence-corrected chi connectivity index (χ3v) is 3.73. The lowest BCUT2D eigenvalue weighted by Gasteiger charge is -2.33. The fourth-order valence-electron chi connectivity index (χ4n) is 2.49. The summed E-state index contributed by atoms with van der Waals surface area (Å²) in [5.41, 5.74) is 0. The molecule has 1 unspecified atom stereocenters. The molecule has 0 aromatic rings. The standard InChI is InChI=1S/C12H21N3O2/c1-14-7-8-15(12(17)11(14)16)6-4-10-3-2-5-13-9-10/h10,13H,2-9H2,1H3. The Balaban J connectivity index is 1.78. The molecule has 96 valence electrons. The zero-order valence-corrected chi connectivity index (χ0v) is 10.4. The van der Waals surface area contributed by atoms with Gasteiger partial charge in [-0.3, -0.25) is 9.59 Å². The maximum atomic E-state index is 11.7. The number of nitrogens with one attached hydrogen (secondary N) is 1. The predicted molar refractivity (Wildman–Crippen MR) is 64.4 cm³/mol. The molecule has 2 aliphatic rings. The van der Waals surface area contributed by atoms with Gasteiger partial charge in [-0.15, -0.1) is 0 Å². The maximum absolute atomic E-state index is 11.7. The van der Waals surface area contributed by atoms with Crippen molar-refractivity contribution in [1.82, 2.24) is 15.1 Å². The predicted octanol–water partition coefficient (Wildman–Crippen LogP) is -0.323. The van der Waals surface area contributed by atoms with E-state index in [1.165, 1.54) is 17.7 Å². The van der Waals surface area contributed by atoms with Crippen molar-refractivity contribution in [2.45, 2.75) is 19.3 Å². The van der Waals surface area contributed by atoms with Gasteiger partial charge in [0.1, 0.15) is 0 Å². The summed E-state index contributed by atoms with van der Waals surface area (Å²) >= 11 is 0. The van der Waals surface area contributed by atoms with E-state index in [2.05, 4.69) is 5.32 Å². The van der Waals surface area contributed by atoms with E-state index in [1.54, 1.807) is 11.9 Å². The van der Waals surface area contributed by atoms with E-state index in [9.17, 15) is 9.59 Å². The molecular formula is C12H21N3O2. The first-order chi connectivity index (χ1) is 8.18. The Bertz CT molecular complexity index is 300. The first-order valence-electron chi connectivity index (χ1n) is 6.43. The highest BCUT2D eigenvalue weighted by atomic mass is 16.2. The number of piperazine rings is 1. The molecule has 17 heavy (non-hydrogen) atoms. The quantitative estimate of drug-likeness (QED) is 0.687. The lowest BCUT2D eigenvalue weighted by atomic mass is 9.96. The average Bonchev–Trinajstić information content (AvgIpc) is 2.36. The molecule has 2 saturated heterocycles. The van der Waals surface area contributed by atoms with Gasteiger partial charge in [-0.25, -0.2) is 0 Å². The summed E-state index contributed by atoms with van der Waals surface area (Å²) in [7, 11) is 1.68. The molecule has 1 N–H and O–H groups in total. The molecule has 0 spiro atoms. The van der Waals surface area contributed by atoms with Crippen LogP contribution in [-0.4, -0.2) is 61.4 Å². The Morgan fingerprint density at radius 3 is 2.82 bits per heavy atom. The first-order valence-corrected chi connectivity index (χ1v) is 6.43. The van der Waals surface area contributed by atoms with E-state index < -0.39 is 0 Å². The number of carbonyl (C=O) groups is 2. The van der Waals surface area contributed by atoms with E-state index in [4.69, 9.17) is 0 Å². The van der Waals surface area contributed by atoms with Crippen LogP contribution in [-0.2, 0) is 9.59 Å². The summed E-state index contributed by atoms with van der Waals surface area (Å²) in [5, 5.41) is 3.37. The molecule has 0 bridgehead atoms. The zero-order chi connectivity index (χ0) is 12.3. The Hall–Kier alpha value is -1.10. The van der Waals surface area contributed by atoms with Gasteiger partial charge in [0.05, 0.1) is 0 Å². The van der Waals surface area contributed by atoms with Gasteiger partial charge in [0.15, 0.2) is 0 Å².